The van der Waals surface area contributed by atoms with Gasteiger partial charge in [-0.25, -0.2) is 4.21 Å². The third-order valence-corrected chi connectivity index (χ3v) is 4.25. The highest BCUT2D eigenvalue weighted by Gasteiger charge is 2.04. The molecule has 0 radical (unpaired) electrons. The van der Waals surface area contributed by atoms with Crippen LogP contribution in [-0.4, -0.2) is 20.3 Å². The summed E-state index contributed by atoms with van der Waals surface area (Å²) in [6, 6.07) is 0. The summed E-state index contributed by atoms with van der Waals surface area (Å²) in [7, 11) is -2.75. The van der Waals surface area contributed by atoms with Crippen LogP contribution in [-0.2, 0) is 10.2 Å². The first-order chi connectivity index (χ1) is 6.12. The van der Waals surface area contributed by atoms with Crippen LogP contribution in [0.2, 0.25) is 0 Å². The lowest BCUT2D eigenvalue weighted by Crippen LogP contribution is -2.19. The van der Waals surface area contributed by atoms with Crippen molar-refractivity contribution < 1.29 is 8.76 Å². The van der Waals surface area contributed by atoms with Crippen LogP contribution in [0.15, 0.2) is 0 Å². The van der Waals surface area contributed by atoms with E-state index in [-0.39, 0.29) is 0 Å². The van der Waals surface area contributed by atoms with Crippen LogP contribution in [0.1, 0.15) is 52.4 Å². The van der Waals surface area contributed by atoms with Crippen molar-refractivity contribution in [3.8, 4) is 0 Å². The van der Waals surface area contributed by atoms with Crippen LogP contribution in [0.3, 0.4) is 0 Å². The van der Waals surface area contributed by atoms with E-state index in [0.717, 1.165) is 38.5 Å². The predicted octanol–water partition coefficient (Wildman–Crippen LogP) is 2.86. The molecule has 0 atom stereocenters. The third kappa shape index (κ3) is 8.44. The Hall–Kier alpha value is 0.110. The van der Waals surface area contributed by atoms with Gasteiger partial charge in [0.25, 0.3) is 0 Å². The Morgan fingerprint density at radius 1 is 0.923 bits per heavy atom. The van der Waals surface area contributed by atoms with Crippen molar-refractivity contribution in [3.05, 3.63) is 0 Å². The first-order valence-electron chi connectivity index (χ1n) is 5.43. The Morgan fingerprint density at radius 2 is 1.31 bits per heavy atom. The standard InChI is InChI=1S/C10H24O2S/c1-3-5-7-9-13(11,12)10-8-6-4-2/h13H,3-10H2,1-2H3,(H,11,12). The first kappa shape index (κ1) is 13.1. The zero-order valence-corrected chi connectivity index (χ0v) is 9.85. The summed E-state index contributed by atoms with van der Waals surface area (Å²) in [5.41, 5.74) is 0. The number of unbranched alkanes of at least 4 members (excludes halogenated alkanes) is 4. The van der Waals surface area contributed by atoms with E-state index < -0.39 is 10.2 Å². The molecule has 0 heterocycles. The smallest absolute Gasteiger partial charge is 0.0316 e. The molecule has 0 rings (SSSR count). The molecule has 0 aliphatic rings. The molecule has 0 saturated heterocycles. The molecule has 3 heteroatoms. The van der Waals surface area contributed by atoms with Crippen molar-refractivity contribution in [2.75, 3.05) is 11.5 Å². The summed E-state index contributed by atoms with van der Waals surface area (Å²) < 4.78 is 21.0. The van der Waals surface area contributed by atoms with Gasteiger partial charge in [0.15, 0.2) is 0 Å². The molecule has 0 bridgehead atoms. The van der Waals surface area contributed by atoms with Gasteiger partial charge >= 0.3 is 0 Å². The van der Waals surface area contributed by atoms with E-state index >= 15 is 0 Å². The molecule has 0 spiro atoms. The van der Waals surface area contributed by atoms with Gasteiger partial charge in [-0.15, -0.1) is 0 Å². The molecule has 1 N–H and O–H groups in total. The molecule has 0 unspecified atom stereocenters. The molecule has 0 amide bonds. The molecule has 0 aliphatic heterocycles. The lowest BCUT2D eigenvalue weighted by Gasteiger charge is -2.21. The topological polar surface area (TPSA) is 37.3 Å². The zero-order chi connectivity index (χ0) is 10.2. The fourth-order valence-corrected chi connectivity index (χ4v) is 2.99. The molecule has 13 heavy (non-hydrogen) atoms. The van der Waals surface area contributed by atoms with Crippen LogP contribution in [0.5, 0.6) is 0 Å². The predicted molar refractivity (Wildman–Crippen MR) is 61.0 cm³/mol. The average Bonchev–Trinajstić information content (AvgIpc) is 2.05. The van der Waals surface area contributed by atoms with Gasteiger partial charge in [-0.2, -0.15) is 10.2 Å². The van der Waals surface area contributed by atoms with E-state index in [0.29, 0.717) is 11.5 Å². The van der Waals surface area contributed by atoms with Crippen molar-refractivity contribution in [2.24, 2.45) is 0 Å². The molecule has 0 aromatic rings. The van der Waals surface area contributed by atoms with E-state index in [9.17, 15) is 8.76 Å². The van der Waals surface area contributed by atoms with Crippen LogP contribution >= 0.6 is 0 Å². The lowest BCUT2D eigenvalue weighted by molar-refractivity contribution is 0.530. The van der Waals surface area contributed by atoms with Crippen LogP contribution < -0.4 is 0 Å². The highest BCUT2D eigenvalue weighted by Crippen LogP contribution is 2.08. The molecule has 0 aliphatic carbocycles. The second-order valence-electron chi connectivity index (χ2n) is 3.71. The molecular weight excluding hydrogens is 184 g/mol. The molecule has 2 nitrogen and oxygen atoms in total. The number of hydrogen-bond donors (Lipinski definition) is 2. The first-order valence-corrected chi connectivity index (χ1v) is 7.46. The molecule has 0 aromatic carbocycles. The Morgan fingerprint density at radius 3 is 1.62 bits per heavy atom. The minimum absolute atomic E-state index is 0.532. The van der Waals surface area contributed by atoms with Crippen LogP contribution in [0.4, 0.5) is 0 Å². The minimum atomic E-state index is -2.75. The average molecular weight is 208 g/mol. The van der Waals surface area contributed by atoms with E-state index in [1.54, 1.807) is 0 Å². The highest BCUT2D eigenvalue weighted by atomic mass is 32.3. The van der Waals surface area contributed by atoms with Crippen molar-refractivity contribution >= 4 is 10.2 Å². The maximum absolute atomic E-state index is 11.5. The minimum Gasteiger partial charge on any atom is -0.305 e. The quantitative estimate of drug-likeness (QED) is 0.475. The normalized spacial score (nSPS) is 13.2. The van der Waals surface area contributed by atoms with Crippen molar-refractivity contribution in [3.63, 3.8) is 0 Å². The lowest BCUT2D eigenvalue weighted by atomic mass is 10.3. The fraction of sp³-hybridized carbons (Fsp3) is 1.00. The second-order valence-corrected chi connectivity index (χ2v) is 6.29. The summed E-state index contributed by atoms with van der Waals surface area (Å²) in [6.07, 6.45) is 6.23. The summed E-state index contributed by atoms with van der Waals surface area (Å²) in [4.78, 5) is 0. The third-order valence-electron chi connectivity index (χ3n) is 2.22. The summed E-state index contributed by atoms with van der Waals surface area (Å²) in [5.74, 6) is 1.06. The van der Waals surface area contributed by atoms with E-state index in [1.165, 1.54) is 0 Å². The van der Waals surface area contributed by atoms with E-state index in [4.69, 9.17) is 0 Å². The van der Waals surface area contributed by atoms with Gasteiger partial charge in [-0.3, -0.25) is 0 Å². The van der Waals surface area contributed by atoms with Gasteiger partial charge in [-0.1, -0.05) is 39.5 Å². The molecular formula is C10H24O2S. The maximum Gasteiger partial charge on any atom is 0.0316 e. The Kier molecular flexibility index (Phi) is 7.57. The Labute approximate surface area is 83.4 Å². The maximum atomic E-state index is 11.5. The monoisotopic (exact) mass is 208 g/mol. The summed E-state index contributed by atoms with van der Waals surface area (Å²) in [5, 5.41) is 0. The van der Waals surface area contributed by atoms with Gasteiger partial charge in [0.1, 0.15) is 0 Å². The molecule has 0 saturated carbocycles. The summed E-state index contributed by atoms with van der Waals surface area (Å²) in [6.45, 7) is 4.22. The van der Waals surface area contributed by atoms with Crippen molar-refractivity contribution in [2.45, 2.75) is 52.4 Å². The number of thiol groups is 1. The zero-order valence-electron chi connectivity index (χ0n) is 8.96. The molecule has 82 valence electrons. The van der Waals surface area contributed by atoms with Gasteiger partial charge in [-0.05, 0) is 12.8 Å². The van der Waals surface area contributed by atoms with Crippen LogP contribution in [0.25, 0.3) is 0 Å². The Balaban J connectivity index is 3.49. The highest BCUT2D eigenvalue weighted by molar-refractivity contribution is 7.97. The van der Waals surface area contributed by atoms with Gasteiger partial charge in [0, 0.05) is 11.5 Å². The van der Waals surface area contributed by atoms with Gasteiger partial charge < -0.3 is 4.55 Å². The van der Waals surface area contributed by atoms with E-state index in [2.05, 4.69) is 13.8 Å². The largest absolute Gasteiger partial charge is 0.305 e. The molecule has 0 fully saturated rings. The summed E-state index contributed by atoms with van der Waals surface area (Å²) >= 11 is 0. The number of rotatable bonds is 8. The second kappa shape index (κ2) is 7.51. The number of hydrogen-bond acceptors (Lipinski definition) is 1. The fourth-order valence-electron chi connectivity index (χ4n) is 1.33. The van der Waals surface area contributed by atoms with Gasteiger partial charge in [0.2, 0.25) is 0 Å². The van der Waals surface area contributed by atoms with Crippen molar-refractivity contribution in [1.82, 2.24) is 0 Å². The molecule has 0 aromatic heterocycles. The van der Waals surface area contributed by atoms with E-state index in [1.807, 2.05) is 0 Å². The van der Waals surface area contributed by atoms with Crippen LogP contribution in [0, 0.1) is 0 Å². The SMILES string of the molecule is CCCCC[SH](=O)(O)CCCCC. The van der Waals surface area contributed by atoms with Gasteiger partial charge in [0.05, 0.1) is 0 Å². The Bertz CT molecular complexity index is 143. The van der Waals surface area contributed by atoms with Crippen molar-refractivity contribution in [1.29, 1.82) is 0 Å².